The van der Waals surface area contributed by atoms with Crippen LogP contribution in [0.4, 0.5) is 0 Å². The van der Waals surface area contributed by atoms with Gasteiger partial charge in [-0.05, 0) is 109 Å². The van der Waals surface area contributed by atoms with Crippen LogP contribution in [0.3, 0.4) is 0 Å². The van der Waals surface area contributed by atoms with Crippen LogP contribution in [0.1, 0.15) is 168 Å². The number of carbonyl (C=O) groups excluding carboxylic acids is 2. The second-order valence-electron chi connectivity index (χ2n) is 15.7. The normalized spacial score (nSPS) is 14.3. The number of allylic oxidation sites excluding steroid dienone is 22. The summed E-state index contributed by atoms with van der Waals surface area (Å²) in [6.45, 7) is 3.24. The zero-order valence-electron chi connectivity index (χ0n) is 40.4. The molecule has 9 nitrogen and oxygen atoms in total. The average Bonchev–Trinajstić information content (AvgIpc) is 3.29. The van der Waals surface area contributed by atoms with Crippen molar-refractivity contribution in [3.63, 3.8) is 0 Å². The van der Waals surface area contributed by atoms with Gasteiger partial charge in [-0.2, -0.15) is 0 Å². The summed E-state index contributed by atoms with van der Waals surface area (Å²) in [4.78, 5) is 34.1. The monoisotopic (exact) mass is 922 g/mol. The maximum absolute atomic E-state index is 12.1. The van der Waals surface area contributed by atoms with Gasteiger partial charge in [-0.3, -0.25) is 18.6 Å². The molecule has 0 aromatic carbocycles. The number of hydrogen-bond acceptors (Lipinski definition) is 7. The van der Waals surface area contributed by atoms with Gasteiger partial charge in [-0.1, -0.05) is 180 Å². The third-order valence-electron chi connectivity index (χ3n) is 9.58. The van der Waals surface area contributed by atoms with Crippen molar-refractivity contribution in [3.8, 4) is 0 Å². The number of aliphatic hydroxyl groups is 1. The Bertz CT molecular complexity index is 1520. The standard InChI is InChI=1S/C55H88NO8P/c1-3-5-7-9-11-13-15-17-19-21-23-25-26-28-29-31-33-35-37-39-41-43-45-47-54(58)56-49-50-63-65(60,61)64-52-53(57)51-62-55(59)48-46-44-42-40-38-36-34-32-30-27-24-22-20-18-16-14-12-10-8-6-4-2/h5-8,11-14,17-20,23-25,27-29,32,34,38,40,53,57H,3-4,9-10,15-16,21-22,26,30-31,33,35-37,39,41-52H2,1-2H3,(H,56,58)(H,60,61)/b7-5-,8-6-,13-11-,14-12-,19-17-,20-18-,25-23-,27-24-,29-28-,34-32-,40-38-. The third kappa shape index (κ3) is 51.0. The van der Waals surface area contributed by atoms with Gasteiger partial charge < -0.3 is 20.1 Å². The van der Waals surface area contributed by atoms with E-state index < -0.39 is 26.5 Å². The second-order valence-corrected chi connectivity index (χ2v) is 17.1. The second kappa shape index (κ2) is 49.6. The molecule has 0 rings (SSSR count). The zero-order chi connectivity index (χ0) is 47.4. The predicted octanol–water partition coefficient (Wildman–Crippen LogP) is 14.7. The van der Waals surface area contributed by atoms with Crippen LogP contribution in [-0.2, 0) is 27.9 Å². The van der Waals surface area contributed by atoms with Crippen molar-refractivity contribution in [2.45, 2.75) is 174 Å². The van der Waals surface area contributed by atoms with Gasteiger partial charge in [0.2, 0.25) is 5.91 Å². The number of rotatable bonds is 44. The van der Waals surface area contributed by atoms with Crippen molar-refractivity contribution >= 4 is 19.7 Å². The Morgan fingerprint density at radius 2 is 0.831 bits per heavy atom. The van der Waals surface area contributed by atoms with E-state index >= 15 is 0 Å². The molecule has 0 saturated carbocycles. The van der Waals surface area contributed by atoms with Crippen LogP contribution in [0.5, 0.6) is 0 Å². The van der Waals surface area contributed by atoms with Crippen LogP contribution in [0.2, 0.25) is 0 Å². The third-order valence-corrected chi connectivity index (χ3v) is 10.6. The Labute approximate surface area is 395 Å². The first kappa shape index (κ1) is 61.1. The van der Waals surface area contributed by atoms with Crippen LogP contribution >= 0.6 is 7.82 Å². The molecule has 0 aliphatic heterocycles. The highest BCUT2D eigenvalue weighted by atomic mass is 31.2. The van der Waals surface area contributed by atoms with Crippen molar-refractivity contribution in [2.24, 2.45) is 0 Å². The number of phosphoric ester groups is 1. The van der Waals surface area contributed by atoms with E-state index in [1.54, 1.807) is 0 Å². The minimum atomic E-state index is -4.45. The first-order valence-corrected chi connectivity index (χ1v) is 26.2. The Kier molecular flexibility index (Phi) is 46.6. The first-order valence-electron chi connectivity index (χ1n) is 24.7. The highest BCUT2D eigenvalue weighted by Crippen LogP contribution is 2.42. The smallest absolute Gasteiger partial charge is 0.463 e. The molecule has 0 radical (unpaired) electrons. The topological polar surface area (TPSA) is 131 Å². The molecule has 65 heavy (non-hydrogen) atoms. The molecule has 0 saturated heterocycles. The van der Waals surface area contributed by atoms with Gasteiger partial charge in [0.25, 0.3) is 0 Å². The van der Waals surface area contributed by atoms with Gasteiger partial charge in [0.15, 0.2) is 0 Å². The van der Waals surface area contributed by atoms with E-state index in [2.05, 4.69) is 153 Å². The van der Waals surface area contributed by atoms with Crippen molar-refractivity contribution < 1.29 is 37.9 Å². The lowest BCUT2D eigenvalue weighted by Crippen LogP contribution is -2.27. The lowest BCUT2D eigenvalue weighted by atomic mass is 10.1. The molecule has 0 aromatic heterocycles. The zero-order valence-corrected chi connectivity index (χ0v) is 41.3. The van der Waals surface area contributed by atoms with Gasteiger partial charge in [0, 0.05) is 19.4 Å². The fourth-order valence-electron chi connectivity index (χ4n) is 5.94. The number of hydrogen-bond donors (Lipinski definition) is 3. The van der Waals surface area contributed by atoms with Gasteiger partial charge >= 0.3 is 13.8 Å². The van der Waals surface area contributed by atoms with Crippen LogP contribution in [0, 0.1) is 0 Å². The molecule has 10 heteroatoms. The molecule has 1 amide bonds. The number of aliphatic hydroxyl groups excluding tert-OH is 1. The number of nitrogens with one attached hydrogen (secondary N) is 1. The van der Waals surface area contributed by atoms with Crippen LogP contribution in [0.15, 0.2) is 134 Å². The molecule has 0 aliphatic rings. The summed E-state index contributed by atoms with van der Waals surface area (Å²) in [7, 11) is -4.45. The molecule has 0 fully saturated rings. The molecular weight excluding hydrogens is 834 g/mol. The Balaban J connectivity index is 3.70. The number of esters is 1. The quantitative estimate of drug-likeness (QED) is 0.0238. The highest BCUT2D eigenvalue weighted by Gasteiger charge is 2.23. The molecule has 0 aliphatic carbocycles. The molecule has 0 heterocycles. The van der Waals surface area contributed by atoms with Gasteiger partial charge in [-0.25, -0.2) is 4.57 Å². The summed E-state index contributed by atoms with van der Waals surface area (Å²) in [6.07, 6.45) is 69.6. The maximum Gasteiger partial charge on any atom is 0.472 e. The summed E-state index contributed by atoms with van der Waals surface area (Å²) in [5, 5.41) is 12.7. The van der Waals surface area contributed by atoms with Crippen LogP contribution in [0.25, 0.3) is 0 Å². The minimum absolute atomic E-state index is 0.0604. The summed E-state index contributed by atoms with van der Waals surface area (Å²) < 4.78 is 26.9. The molecule has 0 aromatic rings. The lowest BCUT2D eigenvalue weighted by Gasteiger charge is -2.15. The largest absolute Gasteiger partial charge is 0.472 e. The Morgan fingerprint density at radius 1 is 0.477 bits per heavy atom. The Hall–Kier alpha value is -3.85. The summed E-state index contributed by atoms with van der Waals surface area (Å²) >= 11 is 0. The van der Waals surface area contributed by atoms with Crippen molar-refractivity contribution in [1.82, 2.24) is 5.32 Å². The Morgan fingerprint density at radius 3 is 1.26 bits per heavy atom. The summed E-state index contributed by atoms with van der Waals surface area (Å²) in [5.41, 5.74) is 0. The van der Waals surface area contributed by atoms with Crippen LogP contribution in [-0.4, -0.2) is 54.3 Å². The lowest BCUT2D eigenvalue weighted by molar-refractivity contribution is -0.147. The van der Waals surface area contributed by atoms with E-state index in [0.29, 0.717) is 12.8 Å². The van der Waals surface area contributed by atoms with E-state index in [1.165, 1.54) is 19.3 Å². The van der Waals surface area contributed by atoms with Crippen LogP contribution < -0.4 is 5.32 Å². The van der Waals surface area contributed by atoms with Gasteiger partial charge in [0.05, 0.1) is 13.2 Å². The molecule has 366 valence electrons. The van der Waals surface area contributed by atoms with E-state index in [0.717, 1.165) is 116 Å². The minimum Gasteiger partial charge on any atom is -0.463 e. The molecule has 0 bridgehead atoms. The fourth-order valence-corrected chi connectivity index (χ4v) is 6.70. The number of unbranched alkanes of at least 4 members (excludes halogenated alkanes) is 9. The van der Waals surface area contributed by atoms with Crippen molar-refractivity contribution in [2.75, 3.05) is 26.4 Å². The highest BCUT2D eigenvalue weighted by molar-refractivity contribution is 7.47. The number of phosphoric acid groups is 1. The number of carbonyl (C=O) groups is 2. The number of ether oxygens (including phenoxy) is 1. The van der Waals surface area contributed by atoms with E-state index in [9.17, 15) is 24.2 Å². The summed E-state index contributed by atoms with van der Waals surface area (Å²) in [5.74, 6) is -0.583. The molecule has 2 atom stereocenters. The van der Waals surface area contributed by atoms with Gasteiger partial charge in [0.1, 0.15) is 12.7 Å². The van der Waals surface area contributed by atoms with Crippen molar-refractivity contribution in [3.05, 3.63) is 134 Å². The predicted molar refractivity (Wildman–Crippen MR) is 274 cm³/mol. The van der Waals surface area contributed by atoms with E-state index in [4.69, 9.17) is 13.8 Å². The molecule has 3 N–H and O–H groups in total. The fraction of sp³-hybridized carbons (Fsp3) is 0.564. The van der Waals surface area contributed by atoms with E-state index in [-0.39, 0.29) is 32.1 Å². The summed E-state index contributed by atoms with van der Waals surface area (Å²) in [6, 6.07) is 0. The maximum atomic E-state index is 12.1. The molecule has 2 unspecified atom stereocenters. The molecular formula is C55H88NO8P. The molecule has 0 spiro atoms. The first-order chi connectivity index (χ1) is 31.8. The van der Waals surface area contributed by atoms with Gasteiger partial charge in [-0.15, -0.1) is 0 Å². The van der Waals surface area contributed by atoms with E-state index in [1.807, 2.05) is 0 Å². The average molecular weight is 922 g/mol. The SMILES string of the molecule is CC/C=C\C/C=C\C/C=C\C/C=C\C/C=C\C/C=C\CCCCC(=O)OCC(O)COP(=O)(O)OCCNC(=O)CCCCCCCCC/C=C\C/C=C\C/C=C\C/C=C\C/C=C\CC. The number of amides is 1. The van der Waals surface area contributed by atoms with Crippen molar-refractivity contribution in [1.29, 1.82) is 0 Å².